The number of hydrogen-bond donors (Lipinski definition) is 3. The summed E-state index contributed by atoms with van der Waals surface area (Å²) in [6.07, 6.45) is 3.08. The molecule has 86 valence electrons. The van der Waals surface area contributed by atoms with Gasteiger partial charge in [0.05, 0.1) is 18.5 Å². The van der Waals surface area contributed by atoms with Gasteiger partial charge < -0.3 is 24.7 Å². The van der Waals surface area contributed by atoms with E-state index in [1.807, 2.05) is 4.90 Å². The number of β-amino-alcohol motifs (C(OH)–C–C–N with tert-alkyl or cyclic N) is 1. The minimum atomic E-state index is -1.87. The molecule has 0 aliphatic carbocycles. The third-order valence-electron chi connectivity index (χ3n) is 2.30. The molecule has 16 heavy (non-hydrogen) atoms. The Kier molecular flexibility index (Phi) is 3.23. The van der Waals surface area contributed by atoms with Gasteiger partial charge in [-0.15, -0.1) is 0 Å². The first-order valence-corrected chi connectivity index (χ1v) is 4.93. The van der Waals surface area contributed by atoms with Gasteiger partial charge in [0.25, 0.3) is 0 Å². The van der Waals surface area contributed by atoms with E-state index in [1.54, 1.807) is 0 Å². The summed E-state index contributed by atoms with van der Waals surface area (Å²) in [7, 11) is -1.87. The summed E-state index contributed by atoms with van der Waals surface area (Å²) < 4.78 is 4.57. The van der Waals surface area contributed by atoms with Gasteiger partial charge in [0, 0.05) is 13.1 Å². The molecule has 0 spiro atoms. The second kappa shape index (κ2) is 4.64. The normalized spacial score (nSPS) is 19.9. The van der Waals surface area contributed by atoms with E-state index in [9.17, 15) is 5.11 Å². The van der Waals surface area contributed by atoms with E-state index in [2.05, 4.69) is 14.6 Å². The summed E-state index contributed by atoms with van der Waals surface area (Å²) in [6.45, 7) is 1.23. The molecule has 1 aromatic heterocycles. The van der Waals surface area contributed by atoms with E-state index >= 15 is 0 Å². The predicted molar refractivity (Wildman–Crippen MR) is 55.7 cm³/mol. The molecule has 1 saturated heterocycles. The molecule has 2 heterocycles. The van der Waals surface area contributed by atoms with Crippen molar-refractivity contribution >= 4 is 13.3 Å². The largest absolute Gasteiger partial charge is 0.707 e. The zero-order valence-electron chi connectivity index (χ0n) is 8.52. The number of aliphatic hydroxyl groups is 1. The van der Waals surface area contributed by atoms with Crippen LogP contribution in [0.2, 0.25) is 0 Å². The number of aliphatic hydroxyl groups excluding tert-OH is 1. The predicted octanol–water partition coefficient (Wildman–Crippen LogP) is -1.60. The van der Waals surface area contributed by atoms with Gasteiger partial charge in [-0.2, -0.15) is 0 Å². The van der Waals surface area contributed by atoms with Crippen LogP contribution in [0.5, 0.6) is 5.75 Å². The Balaban J connectivity index is 2.02. The fourth-order valence-corrected chi connectivity index (χ4v) is 1.58. The standard InChI is InChI=1S/C8H12BN3O4/c13-6-1-2-12(5-6)8-10-3-7(4-11-8)16-9(14)15/h3-4,6,13-15H,1-2,5H2/t6-/m0/s1. The Morgan fingerprint density at radius 1 is 1.38 bits per heavy atom. The van der Waals surface area contributed by atoms with Crippen LogP contribution in [0.25, 0.3) is 0 Å². The molecule has 0 saturated carbocycles. The highest BCUT2D eigenvalue weighted by molar-refractivity contribution is 6.33. The van der Waals surface area contributed by atoms with Crippen molar-refractivity contribution in [1.29, 1.82) is 0 Å². The number of rotatable bonds is 3. The zero-order chi connectivity index (χ0) is 11.5. The highest BCUT2D eigenvalue weighted by Gasteiger charge is 2.22. The minimum Gasteiger partial charge on any atom is -0.509 e. The summed E-state index contributed by atoms with van der Waals surface area (Å²) in [6, 6.07) is 0. The first-order valence-electron chi connectivity index (χ1n) is 4.93. The first-order chi connectivity index (χ1) is 7.65. The van der Waals surface area contributed by atoms with E-state index < -0.39 is 7.32 Å². The molecule has 2 rings (SSSR count). The molecule has 0 aromatic carbocycles. The van der Waals surface area contributed by atoms with Crippen molar-refractivity contribution in [3.8, 4) is 5.75 Å². The quantitative estimate of drug-likeness (QED) is 0.532. The fourth-order valence-electron chi connectivity index (χ4n) is 1.58. The smallest absolute Gasteiger partial charge is 0.509 e. The lowest BCUT2D eigenvalue weighted by atomic mass is 10.2. The third kappa shape index (κ3) is 2.60. The molecule has 1 aromatic rings. The van der Waals surface area contributed by atoms with Crippen LogP contribution in [-0.2, 0) is 0 Å². The van der Waals surface area contributed by atoms with Gasteiger partial charge in [0.2, 0.25) is 5.95 Å². The summed E-state index contributed by atoms with van der Waals surface area (Å²) in [4.78, 5) is 9.86. The Labute approximate surface area is 92.5 Å². The summed E-state index contributed by atoms with van der Waals surface area (Å²) in [5, 5.41) is 26.5. The van der Waals surface area contributed by atoms with Crippen LogP contribution < -0.4 is 9.55 Å². The molecule has 7 nitrogen and oxygen atoms in total. The third-order valence-corrected chi connectivity index (χ3v) is 2.30. The van der Waals surface area contributed by atoms with Crippen molar-refractivity contribution in [2.24, 2.45) is 0 Å². The maximum absolute atomic E-state index is 9.35. The SMILES string of the molecule is OB(O)Oc1cnc(N2CC[C@H](O)C2)nc1. The minimum absolute atomic E-state index is 0.179. The lowest BCUT2D eigenvalue weighted by Crippen LogP contribution is -2.24. The second-order valence-electron chi connectivity index (χ2n) is 3.55. The highest BCUT2D eigenvalue weighted by atomic mass is 16.6. The van der Waals surface area contributed by atoms with Gasteiger partial charge >= 0.3 is 7.32 Å². The highest BCUT2D eigenvalue weighted by Crippen LogP contribution is 2.17. The lowest BCUT2D eigenvalue weighted by Gasteiger charge is -2.15. The van der Waals surface area contributed by atoms with Gasteiger partial charge in [-0.25, -0.2) is 9.97 Å². The molecular weight excluding hydrogens is 213 g/mol. The van der Waals surface area contributed by atoms with Crippen LogP contribution in [0.4, 0.5) is 5.95 Å². The maximum atomic E-state index is 9.35. The number of anilines is 1. The molecule has 8 heteroatoms. The molecule has 3 N–H and O–H groups in total. The summed E-state index contributed by atoms with van der Waals surface area (Å²) >= 11 is 0. The van der Waals surface area contributed by atoms with E-state index in [4.69, 9.17) is 10.0 Å². The van der Waals surface area contributed by atoms with Crippen LogP contribution in [0.15, 0.2) is 12.4 Å². The van der Waals surface area contributed by atoms with Crippen LogP contribution in [0.1, 0.15) is 6.42 Å². The van der Waals surface area contributed by atoms with Gasteiger partial charge in [0.15, 0.2) is 0 Å². The second-order valence-corrected chi connectivity index (χ2v) is 3.55. The van der Waals surface area contributed by atoms with Gasteiger partial charge in [-0.3, -0.25) is 0 Å². The van der Waals surface area contributed by atoms with Crippen LogP contribution in [-0.4, -0.2) is 51.6 Å². The molecule has 1 fully saturated rings. The number of nitrogens with zero attached hydrogens (tertiary/aromatic N) is 3. The molecule has 0 bridgehead atoms. The van der Waals surface area contributed by atoms with Crippen molar-refractivity contribution in [2.75, 3.05) is 18.0 Å². The Bertz CT molecular complexity index is 348. The Morgan fingerprint density at radius 2 is 2.06 bits per heavy atom. The number of hydrogen-bond acceptors (Lipinski definition) is 7. The van der Waals surface area contributed by atoms with Gasteiger partial charge in [-0.05, 0) is 6.42 Å². The van der Waals surface area contributed by atoms with Crippen molar-refractivity contribution < 1.29 is 19.8 Å². The monoisotopic (exact) mass is 225 g/mol. The molecule has 1 atom stereocenters. The van der Waals surface area contributed by atoms with E-state index in [0.29, 0.717) is 25.5 Å². The molecule has 1 aliphatic heterocycles. The molecule has 0 radical (unpaired) electrons. The first kappa shape index (κ1) is 11.1. The molecule has 1 aliphatic rings. The topological polar surface area (TPSA) is 98.9 Å². The summed E-state index contributed by atoms with van der Waals surface area (Å²) in [5.74, 6) is 0.676. The zero-order valence-corrected chi connectivity index (χ0v) is 8.52. The molecule has 0 amide bonds. The van der Waals surface area contributed by atoms with Crippen molar-refractivity contribution in [3.63, 3.8) is 0 Å². The van der Waals surface area contributed by atoms with E-state index in [-0.39, 0.29) is 11.9 Å². The Morgan fingerprint density at radius 3 is 2.56 bits per heavy atom. The van der Waals surface area contributed by atoms with E-state index in [0.717, 1.165) is 0 Å². The van der Waals surface area contributed by atoms with Gasteiger partial charge in [0.1, 0.15) is 5.75 Å². The van der Waals surface area contributed by atoms with Crippen LogP contribution >= 0.6 is 0 Å². The van der Waals surface area contributed by atoms with Crippen LogP contribution in [0.3, 0.4) is 0 Å². The Hall–Kier alpha value is -1.38. The fraction of sp³-hybridized carbons (Fsp3) is 0.500. The van der Waals surface area contributed by atoms with E-state index in [1.165, 1.54) is 12.4 Å². The maximum Gasteiger partial charge on any atom is 0.707 e. The molecular formula is C8H12BN3O4. The van der Waals surface area contributed by atoms with Crippen molar-refractivity contribution in [2.45, 2.75) is 12.5 Å². The van der Waals surface area contributed by atoms with Crippen molar-refractivity contribution in [3.05, 3.63) is 12.4 Å². The van der Waals surface area contributed by atoms with Crippen molar-refractivity contribution in [1.82, 2.24) is 9.97 Å². The van der Waals surface area contributed by atoms with Gasteiger partial charge in [-0.1, -0.05) is 0 Å². The summed E-state index contributed by atoms with van der Waals surface area (Å²) in [5.41, 5.74) is 0. The number of aromatic nitrogens is 2. The lowest BCUT2D eigenvalue weighted by molar-refractivity contribution is 0.198. The van der Waals surface area contributed by atoms with Crippen LogP contribution in [0, 0.1) is 0 Å². The average molecular weight is 225 g/mol. The molecule has 0 unspecified atom stereocenters. The average Bonchev–Trinajstić information content (AvgIpc) is 2.65.